The van der Waals surface area contributed by atoms with Gasteiger partial charge in [-0.25, -0.2) is 0 Å². The minimum absolute atomic E-state index is 0.131. The molecule has 0 unspecified atom stereocenters. The number of carbonyl (C=O) groups is 2. The van der Waals surface area contributed by atoms with Gasteiger partial charge in [-0.2, -0.15) is 4.98 Å². The van der Waals surface area contributed by atoms with Gasteiger partial charge in [-0.3, -0.25) is 9.59 Å². The lowest BCUT2D eigenvalue weighted by Gasteiger charge is -2.19. The van der Waals surface area contributed by atoms with E-state index in [1.165, 1.54) is 5.56 Å². The van der Waals surface area contributed by atoms with Gasteiger partial charge in [0.2, 0.25) is 17.6 Å². The molecule has 2 amide bonds. The second-order valence-electron chi connectivity index (χ2n) is 8.01. The summed E-state index contributed by atoms with van der Waals surface area (Å²) in [4.78, 5) is 31.0. The maximum atomic E-state index is 12.5. The molecule has 3 aromatic rings. The summed E-state index contributed by atoms with van der Waals surface area (Å²) < 4.78 is 5.30. The number of halogens is 1. The molecule has 0 aliphatic carbocycles. The van der Waals surface area contributed by atoms with Crippen molar-refractivity contribution in [1.29, 1.82) is 0 Å². The van der Waals surface area contributed by atoms with E-state index in [0.717, 1.165) is 5.56 Å². The minimum Gasteiger partial charge on any atom is -0.339 e. The van der Waals surface area contributed by atoms with Gasteiger partial charge < -0.3 is 14.7 Å². The number of benzene rings is 2. The molecular formula is C25H29ClN4O3. The molecule has 3 rings (SSSR count). The fourth-order valence-corrected chi connectivity index (χ4v) is 3.64. The molecule has 0 radical (unpaired) electrons. The predicted octanol–water partition coefficient (Wildman–Crippen LogP) is 5.57. The first-order valence-electron chi connectivity index (χ1n) is 11.1. The van der Waals surface area contributed by atoms with Crippen LogP contribution in [0.15, 0.2) is 47.0 Å². The Balaban J connectivity index is 1.56. The molecule has 0 aliphatic heterocycles. The second-order valence-corrected chi connectivity index (χ2v) is 8.42. The Morgan fingerprint density at radius 3 is 2.39 bits per heavy atom. The molecule has 0 fully saturated rings. The number of carbonyl (C=O) groups excluding carboxylic acids is 2. The molecule has 0 saturated carbocycles. The lowest BCUT2D eigenvalue weighted by molar-refractivity contribution is -0.116. The molecule has 7 nitrogen and oxygen atoms in total. The Kier molecular flexibility index (Phi) is 8.22. The lowest BCUT2D eigenvalue weighted by Crippen LogP contribution is -2.30. The minimum atomic E-state index is -0.213. The molecule has 33 heavy (non-hydrogen) atoms. The first-order valence-corrected chi connectivity index (χ1v) is 11.5. The number of amides is 2. The largest absolute Gasteiger partial charge is 0.339 e. The van der Waals surface area contributed by atoms with Gasteiger partial charge in [0.05, 0.1) is 10.6 Å². The molecule has 0 bridgehead atoms. The van der Waals surface area contributed by atoms with Gasteiger partial charge in [-0.1, -0.05) is 54.9 Å². The topological polar surface area (TPSA) is 88.3 Å². The highest BCUT2D eigenvalue weighted by Crippen LogP contribution is 2.23. The number of anilines is 1. The Bertz CT molecular complexity index is 1110. The van der Waals surface area contributed by atoms with Gasteiger partial charge in [0.25, 0.3) is 5.91 Å². The third kappa shape index (κ3) is 6.20. The van der Waals surface area contributed by atoms with Crippen LogP contribution in [0.25, 0.3) is 11.4 Å². The Labute approximate surface area is 199 Å². The van der Waals surface area contributed by atoms with Crippen molar-refractivity contribution in [2.75, 3.05) is 18.4 Å². The SMILES string of the molecule is CCN(CC)C(=O)c1ccc(NC(=O)CCc2nc(-c3ccc(C(C)C)cc3)no2)cc1Cl. The Morgan fingerprint density at radius 1 is 1.09 bits per heavy atom. The smallest absolute Gasteiger partial charge is 0.255 e. The van der Waals surface area contributed by atoms with E-state index in [0.29, 0.717) is 53.4 Å². The van der Waals surface area contributed by atoms with Crippen LogP contribution in [0, 0.1) is 0 Å². The Hall–Kier alpha value is -3.19. The van der Waals surface area contributed by atoms with Crippen LogP contribution in [-0.4, -0.2) is 39.9 Å². The number of rotatable bonds is 9. The van der Waals surface area contributed by atoms with Gasteiger partial charge in [0.1, 0.15) is 0 Å². The number of aromatic nitrogens is 2. The van der Waals surface area contributed by atoms with E-state index in [1.807, 2.05) is 26.0 Å². The number of hydrogen-bond donors (Lipinski definition) is 1. The van der Waals surface area contributed by atoms with Crippen LogP contribution in [0.4, 0.5) is 5.69 Å². The van der Waals surface area contributed by atoms with Crippen molar-refractivity contribution in [3.05, 3.63) is 64.5 Å². The predicted molar refractivity (Wildman–Crippen MR) is 129 cm³/mol. The summed E-state index contributed by atoms with van der Waals surface area (Å²) in [5, 5.41) is 7.11. The molecule has 8 heteroatoms. The normalized spacial score (nSPS) is 11.0. The molecule has 2 aromatic carbocycles. The first-order chi connectivity index (χ1) is 15.8. The van der Waals surface area contributed by atoms with E-state index in [9.17, 15) is 9.59 Å². The molecule has 1 N–H and O–H groups in total. The van der Waals surface area contributed by atoms with E-state index >= 15 is 0 Å². The summed E-state index contributed by atoms with van der Waals surface area (Å²) >= 11 is 6.29. The van der Waals surface area contributed by atoms with Crippen LogP contribution < -0.4 is 5.32 Å². The first kappa shape index (κ1) is 24.5. The fraction of sp³-hybridized carbons (Fsp3) is 0.360. The summed E-state index contributed by atoms with van der Waals surface area (Å²) in [5.41, 5.74) is 3.05. The maximum Gasteiger partial charge on any atom is 0.255 e. The summed E-state index contributed by atoms with van der Waals surface area (Å²) in [6, 6.07) is 12.9. The lowest BCUT2D eigenvalue weighted by atomic mass is 10.0. The highest BCUT2D eigenvalue weighted by Gasteiger charge is 2.17. The van der Waals surface area contributed by atoms with Gasteiger partial charge in [0.15, 0.2) is 0 Å². The van der Waals surface area contributed by atoms with Crippen LogP contribution in [0.2, 0.25) is 5.02 Å². The number of nitrogens with one attached hydrogen (secondary N) is 1. The standard InChI is InChI=1S/C25H29ClN4O3/c1-5-30(6-2)25(32)20-12-11-19(15-21(20)26)27-22(31)13-14-23-28-24(29-33-23)18-9-7-17(8-10-18)16(3)4/h7-12,15-16H,5-6,13-14H2,1-4H3,(H,27,31). The summed E-state index contributed by atoms with van der Waals surface area (Å²) in [6.07, 6.45) is 0.487. The Morgan fingerprint density at radius 2 is 1.79 bits per heavy atom. The third-order valence-electron chi connectivity index (χ3n) is 5.40. The van der Waals surface area contributed by atoms with Crippen molar-refractivity contribution in [2.24, 2.45) is 0 Å². The van der Waals surface area contributed by atoms with Crippen LogP contribution in [0.3, 0.4) is 0 Å². The van der Waals surface area contributed by atoms with Gasteiger partial charge in [0, 0.05) is 37.2 Å². The van der Waals surface area contributed by atoms with Gasteiger partial charge in [-0.05, 0) is 43.5 Å². The molecule has 1 heterocycles. The van der Waals surface area contributed by atoms with Crippen LogP contribution in [0.5, 0.6) is 0 Å². The summed E-state index contributed by atoms with van der Waals surface area (Å²) in [5.74, 6) is 1.00. The molecule has 174 valence electrons. The fourth-order valence-electron chi connectivity index (χ4n) is 3.38. The molecule has 0 aliphatic rings. The zero-order valence-corrected chi connectivity index (χ0v) is 20.1. The molecule has 1 aromatic heterocycles. The number of nitrogens with zero attached hydrogens (tertiary/aromatic N) is 3. The van der Waals surface area contributed by atoms with Gasteiger partial charge >= 0.3 is 0 Å². The van der Waals surface area contributed by atoms with Crippen molar-refractivity contribution in [2.45, 2.75) is 46.5 Å². The molecule has 0 spiro atoms. The molecule has 0 atom stereocenters. The average molecular weight is 469 g/mol. The van der Waals surface area contributed by atoms with Crippen molar-refractivity contribution in [3.63, 3.8) is 0 Å². The van der Waals surface area contributed by atoms with Crippen molar-refractivity contribution in [1.82, 2.24) is 15.0 Å². The monoisotopic (exact) mass is 468 g/mol. The second kappa shape index (κ2) is 11.1. The quantitative estimate of drug-likeness (QED) is 0.443. The van der Waals surface area contributed by atoms with Crippen LogP contribution in [-0.2, 0) is 11.2 Å². The third-order valence-corrected chi connectivity index (χ3v) is 5.72. The zero-order chi connectivity index (χ0) is 24.0. The van der Waals surface area contributed by atoms with E-state index in [2.05, 4.69) is 41.4 Å². The van der Waals surface area contributed by atoms with Crippen molar-refractivity contribution < 1.29 is 14.1 Å². The van der Waals surface area contributed by atoms with Crippen LogP contribution >= 0.6 is 11.6 Å². The van der Waals surface area contributed by atoms with Crippen LogP contribution in [0.1, 0.15) is 61.8 Å². The molecule has 0 saturated heterocycles. The van der Waals surface area contributed by atoms with E-state index < -0.39 is 0 Å². The average Bonchev–Trinajstić information content (AvgIpc) is 3.28. The zero-order valence-electron chi connectivity index (χ0n) is 19.4. The number of aryl methyl sites for hydroxylation is 1. The van der Waals surface area contributed by atoms with E-state index in [4.69, 9.17) is 16.1 Å². The highest BCUT2D eigenvalue weighted by molar-refractivity contribution is 6.34. The maximum absolute atomic E-state index is 12.5. The van der Waals surface area contributed by atoms with Crippen molar-refractivity contribution >= 4 is 29.1 Å². The highest BCUT2D eigenvalue weighted by atomic mass is 35.5. The van der Waals surface area contributed by atoms with E-state index in [-0.39, 0.29) is 18.2 Å². The number of hydrogen-bond acceptors (Lipinski definition) is 5. The summed E-state index contributed by atoms with van der Waals surface area (Å²) in [6.45, 7) is 9.31. The van der Waals surface area contributed by atoms with E-state index in [1.54, 1.807) is 23.1 Å². The molecular weight excluding hydrogens is 440 g/mol. The summed E-state index contributed by atoms with van der Waals surface area (Å²) in [7, 11) is 0. The van der Waals surface area contributed by atoms with Crippen molar-refractivity contribution in [3.8, 4) is 11.4 Å². The van der Waals surface area contributed by atoms with Gasteiger partial charge in [-0.15, -0.1) is 0 Å².